The molecule has 0 bridgehead atoms. The second kappa shape index (κ2) is 5.24. The Morgan fingerprint density at radius 1 is 1.38 bits per heavy atom. The summed E-state index contributed by atoms with van der Waals surface area (Å²) in [5.74, 6) is -2.48. The highest BCUT2D eigenvalue weighted by Gasteiger charge is 2.27. The molecular formula is C9H12N2O5. The van der Waals surface area contributed by atoms with Crippen LogP contribution in [0.15, 0.2) is 0 Å². The molecule has 0 aliphatic carbocycles. The van der Waals surface area contributed by atoms with E-state index in [0.717, 1.165) is 0 Å². The standard InChI is InChI=1S/C9H12N2O5/c12-6(3-4-8(14)15)10-5-1-2-7(13)11-9(5)16/h5H,1-4H2,(H,10,12)(H,14,15)(H,11,13,16). The average molecular weight is 228 g/mol. The maximum absolute atomic E-state index is 11.2. The highest BCUT2D eigenvalue weighted by atomic mass is 16.4. The van der Waals surface area contributed by atoms with Gasteiger partial charge in [0.05, 0.1) is 6.42 Å². The fourth-order valence-electron chi connectivity index (χ4n) is 1.32. The van der Waals surface area contributed by atoms with Gasteiger partial charge in [0.2, 0.25) is 17.7 Å². The molecule has 1 unspecified atom stereocenters. The van der Waals surface area contributed by atoms with E-state index in [1.54, 1.807) is 0 Å². The summed E-state index contributed by atoms with van der Waals surface area (Å²) in [6.45, 7) is 0. The van der Waals surface area contributed by atoms with Crippen molar-refractivity contribution in [2.45, 2.75) is 31.7 Å². The number of imide groups is 1. The van der Waals surface area contributed by atoms with Gasteiger partial charge in [0.15, 0.2) is 0 Å². The Balaban J connectivity index is 2.36. The molecule has 1 atom stereocenters. The number of amides is 3. The van der Waals surface area contributed by atoms with E-state index in [1.165, 1.54) is 0 Å². The predicted octanol–water partition coefficient (Wildman–Crippen LogP) is -1.23. The van der Waals surface area contributed by atoms with Crippen molar-refractivity contribution in [1.82, 2.24) is 10.6 Å². The van der Waals surface area contributed by atoms with Gasteiger partial charge in [0, 0.05) is 12.8 Å². The first-order valence-corrected chi connectivity index (χ1v) is 4.84. The van der Waals surface area contributed by atoms with E-state index in [1.807, 2.05) is 0 Å². The molecule has 0 aromatic rings. The maximum atomic E-state index is 11.2. The zero-order valence-corrected chi connectivity index (χ0v) is 8.49. The van der Waals surface area contributed by atoms with Crippen LogP contribution in [0.5, 0.6) is 0 Å². The number of hydrogen-bond donors (Lipinski definition) is 3. The van der Waals surface area contributed by atoms with Crippen molar-refractivity contribution < 1.29 is 24.3 Å². The second-order valence-corrected chi connectivity index (χ2v) is 3.46. The number of carbonyl (C=O) groups is 4. The van der Waals surface area contributed by atoms with E-state index in [4.69, 9.17) is 5.11 Å². The molecule has 1 fully saturated rings. The van der Waals surface area contributed by atoms with Crippen molar-refractivity contribution in [1.29, 1.82) is 0 Å². The van der Waals surface area contributed by atoms with Crippen LogP contribution in [0, 0.1) is 0 Å². The fraction of sp³-hybridized carbons (Fsp3) is 0.556. The Morgan fingerprint density at radius 3 is 2.62 bits per heavy atom. The largest absolute Gasteiger partial charge is 0.481 e. The summed E-state index contributed by atoms with van der Waals surface area (Å²) in [5.41, 5.74) is 0. The van der Waals surface area contributed by atoms with Gasteiger partial charge in [0.1, 0.15) is 6.04 Å². The summed E-state index contributed by atoms with van der Waals surface area (Å²) in [6, 6.07) is -0.737. The lowest BCUT2D eigenvalue weighted by molar-refractivity contribution is -0.139. The van der Waals surface area contributed by atoms with E-state index in [9.17, 15) is 19.2 Å². The lowest BCUT2D eigenvalue weighted by Crippen LogP contribution is -2.52. The van der Waals surface area contributed by atoms with E-state index in [2.05, 4.69) is 10.6 Å². The zero-order chi connectivity index (χ0) is 12.1. The summed E-state index contributed by atoms with van der Waals surface area (Å²) < 4.78 is 0. The van der Waals surface area contributed by atoms with E-state index in [-0.39, 0.29) is 31.6 Å². The number of rotatable bonds is 4. The average Bonchev–Trinajstić information content (AvgIpc) is 2.19. The number of carbonyl (C=O) groups excluding carboxylic acids is 3. The van der Waals surface area contributed by atoms with Crippen molar-refractivity contribution in [2.24, 2.45) is 0 Å². The van der Waals surface area contributed by atoms with Crippen molar-refractivity contribution in [3.8, 4) is 0 Å². The number of carboxylic acids is 1. The number of aliphatic carboxylic acids is 1. The minimum Gasteiger partial charge on any atom is -0.481 e. The molecule has 1 aliphatic rings. The fourth-order valence-corrected chi connectivity index (χ4v) is 1.32. The molecule has 3 amide bonds. The Bertz CT molecular complexity index is 339. The minimum atomic E-state index is -1.07. The van der Waals surface area contributed by atoms with Gasteiger partial charge >= 0.3 is 5.97 Å². The summed E-state index contributed by atoms with van der Waals surface area (Å²) in [4.78, 5) is 43.4. The predicted molar refractivity (Wildman–Crippen MR) is 51.2 cm³/mol. The van der Waals surface area contributed by atoms with Crippen LogP contribution in [0.4, 0.5) is 0 Å². The minimum absolute atomic E-state index is 0.174. The maximum Gasteiger partial charge on any atom is 0.303 e. The lowest BCUT2D eigenvalue weighted by Gasteiger charge is -2.21. The molecule has 16 heavy (non-hydrogen) atoms. The number of hydrogen-bond acceptors (Lipinski definition) is 4. The van der Waals surface area contributed by atoms with Gasteiger partial charge in [-0.2, -0.15) is 0 Å². The van der Waals surface area contributed by atoms with Gasteiger partial charge in [-0.1, -0.05) is 0 Å². The second-order valence-electron chi connectivity index (χ2n) is 3.46. The summed E-state index contributed by atoms with van der Waals surface area (Å²) in [5, 5.41) is 12.8. The van der Waals surface area contributed by atoms with Crippen LogP contribution in [0.1, 0.15) is 25.7 Å². The van der Waals surface area contributed by atoms with Crippen LogP contribution < -0.4 is 10.6 Å². The van der Waals surface area contributed by atoms with Crippen LogP contribution in [0.25, 0.3) is 0 Å². The van der Waals surface area contributed by atoms with Crippen LogP contribution in [0.3, 0.4) is 0 Å². The van der Waals surface area contributed by atoms with E-state index < -0.39 is 23.8 Å². The summed E-state index contributed by atoms with van der Waals surface area (Å²) in [6.07, 6.45) is -0.0226. The van der Waals surface area contributed by atoms with Crippen molar-refractivity contribution >= 4 is 23.7 Å². The number of nitrogens with one attached hydrogen (secondary N) is 2. The SMILES string of the molecule is O=C(O)CCC(=O)NC1CCC(=O)NC1=O. The topological polar surface area (TPSA) is 113 Å². The van der Waals surface area contributed by atoms with Gasteiger partial charge in [0.25, 0.3) is 0 Å². The molecule has 0 spiro atoms. The monoisotopic (exact) mass is 228 g/mol. The van der Waals surface area contributed by atoms with Gasteiger partial charge < -0.3 is 10.4 Å². The molecule has 1 rings (SSSR count). The molecule has 0 saturated carbocycles. The summed E-state index contributed by atoms with van der Waals surface area (Å²) in [7, 11) is 0. The van der Waals surface area contributed by atoms with Crippen molar-refractivity contribution in [3.05, 3.63) is 0 Å². The van der Waals surface area contributed by atoms with Crippen molar-refractivity contribution in [3.63, 3.8) is 0 Å². The number of piperidine rings is 1. The van der Waals surface area contributed by atoms with Gasteiger partial charge in [-0.05, 0) is 6.42 Å². The molecule has 88 valence electrons. The molecule has 1 heterocycles. The van der Waals surface area contributed by atoms with E-state index >= 15 is 0 Å². The third kappa shape index (κ3) is 3.68. The Morgan fingerprint density at radius 2 is 2.06 bits per heavy atom. The van der Waals surface area contributed by atoms with Crippen LogP contribution in [-0.4, -0.2) is 34.8 Å². The van der Waals surface area contributed by atoms with Gasteiger partial charge in [-0.25, -0.2) is 0 Å². The van der Waals surface area contributed by atoms with Crippen LogP contribution in [-0.2, 0) is 19.2 Å². The molecular weight excluding hydrogens is 216 g/mol. The summed E-state index contributed by atoms with van der Waals surface area (Å²) >= 11 is 0. The molecule has 7 heteroatoms. The van der Waals surface area contributed by atoms with Crippen molar-refractivity contribution in [2.75, 3.05) is 0 Å². The molecule has 3 N–H and O–H groups in total. The van der Waals surface area contributed by atoms with Gasteiger partial charge in [-0.3, -0.25) is 24.5 Å². The van der Waals surface area contributed by atoms with Crippen LogP contribution >= 0.6 is 0 Å². The molecule has 1 saturated heterocycles. The first-order valence-electron chi connectivity index (χ1n) is 4.84. The number of carboxylic acid groups (broad SMARTS) is 1. The van der Waals surface area contributed by atoms with E-state index in [0.29, 0.717) is 0 Å². The highest BCUT2D eigenvalue weighted by molar-refractivity contribution is 6.01. The lowest BCUT2D eigenvalue weighted by atomic mass is 10.1. The Labute approximate surface area is 91.2 Å². The molecule has 1 aliphatic heterocycles. The van der Waals surface area contributed by atoms with Gasteiger partial charge in [-0.15, -0.1) is 0 Å². The molecule has 0 radical (unpaired) electrons. The Hall–Kier alpha value is -1.92. The highest BCUT2D eigenvalue weighted by Crippen LogP contribution is 2.04. The third-order valence-electron chi connectivity index (χ3n) is 2.14. The zero-order valence-electron chi connectivity index (χ0n) is 8.49. The molecule has 0 aromatic carbocycles. The Kier molecular flexibility index (Phi) is 3.98. The van der Waals surface area contributed by atoms with Crippen LogP contribution in [0.2, 0.25) is 0 Å². The first kappa shape index (κ1) is 12.2. The smallest absolute Gasteiger partial charge is 0.303 e. The molecule has 0 aromatic heterocycles. The quantitative estimate of drug-likeness (QED) is 0.521. The molecule has 7 nitrogen and oxygen atoms in total. The first-order chi connectivity index (χ1) is 7.49. The third-order valence-corrected chi connectivity index (χ3v) is 2.14. The normalized spacial score (nSPS) is 20.1.